The Morgan fingerprint density at radius 3 is 2.85 bits per heavy atom. The van der Waals surface area contributed by atoms with Crippen LogP contribution in [0.2, 0.25) is 0 Å². The van der Waals surface area contributed by atoms with Gasteiger partial charge in [0.05, 0.1) is 17.1 Å². The van der Waals surface area contributed by atoms with Gasteiger partial charge in [0.25, 0.3) is 0 Å². The highest BCUT2D eigenvalue weighted by Gasteiger charge is 2.58. The van der Waals surface area contributed by atoms with Crippen molar-refractivity contribution in [2.45, 2.75) is 50.7 Å². The minimum absolute atomic E-state index is 0.168. The van der Waals surface area contributed by atoms with E-state index in [-0.39, 0.29) is 5.78 Å². The number of carbonyl (C=O) groups excluding carboxylic acids is 1. The summed E-state index contributed by atoms with van der Waals surface area (Å²) in [6, 6.07) is 0. The van der Waals surface area contributed by atoms with E-state index >= 15 is 0 Å². The first-order chi connectivity index (χ1) is 5.98. The average molecular weight is 184 g/mol. The van der Waals surface area contributed by atoms with Crippen molar-refractivity contribution in [2.75, 3.05) is 0 Å². The van der Waals surface area contributed by atoms with E-state index in [4.69, 9.17) is 0 Å². The highest BCUT2D eigenvalue weighted by Crippen LogP contribution is 2.52. The van der Waals surface area contributed by atoms with Gasteiger partial charge in [0.2, 0.25) is 0 Å². The van der Waals surface area contributed by atoms with Crippen LogP contribution in [0.3, 0.4) is 0 Å². The lowest BCUT2D eigenvalue weighted by Crippen LogP contribution is -2.51. The maximum Gasteiger partial charge on any atom is 0.141 e. The predicted molar refractivity (Wildman–Crippen MR) is 47.2 cm³/mol. The fourth-order valence-electron chi connectivity index (χ4n) is 2.78. The molecule has 3 heteroatoms. The third-order valence-corrected chi connectivity index (χ3v) is 3.96. The molecule has 13 heavy (non-hydrogen) atoms. The lowest BCUT2D eigenvalue weighted by molar-refractivity contribution is -0.148. The molecule has 3 atom stereocenters. The predicted octanol–water partition coefficient (Wildman–Crippen LogP) is 0.632. The standard InChI is InChI=1S/C10H16O3/c1-9-4-2-7(11)6-10(9,13)5-3-8(9)12/h7,11,13H,2-6H2,1H3/t7-,9-,10+/m0/s1. The van der Waals surface area contributed by atoms with E-state index in [0.29, 0.717) is 32.1 Å². The van der Waals surface area contributed by atoms with Crippen molar-refractivity contribution < 1.29 is 15.0 Å². The van der Waals surface area contributed by atoms with Gasteiger partial charge in [-0.3, -0.25) is 4.79 Å². The lowest BCUT2D eigenvalue weighted by Gasteiger charge is -2.44. The average Bonchev–Trinajstić information content (AvgIpc) is 2.28. The van der Waals surface area contributed by atoms with Crippen molar-refractivity contribution >= 4 is 5.78 Å². The molecular formula is C10H16O3. The van der Waals surface area contributed by atoms with Crippen molar-refractivity contribution in [3.63, 3.8) is 0 Å². The van der Waals surface area contributed by atoms with E-state index in [9.17, 15) is 15.0 Å². The number of aliphatic hydroxyl groups excluding tert-OH is 1. The van der Waals surface area contributed by atoms with E-state index in [2.05, 4.69) is 0 Å². The molecule has 0 radical (unpaired) electrons. The van der Waals surface area contributed by atoms with E-state index in [1.54, 1.807) is 0 Å². The number of rotatable bonds is 0. The smallest absolute Gasteiger partial charge is 0.141 e. The van der Waals surface area contributed by atoms with Crippen LogP contribution >= 0.6 is 0 Å². The maximum absolute atomic E-state index is 11.6. The van der Waals surface area contributed by atoms with Gasteiger partial charge in [-0.25, -0.2) is 0 Å². The van der Waals surface area contributed by atoms with Gasteiger partial charge in [0, 0.05) is 12.8 Å². The highest BCUT2D eigenvalue weighted by molar-refractivity contribution is 5.88. The summed E-state index contributed by atoms with van der Waals surface area (Å²) in [4.78, 5) is 11.6. The molecule has 0 aromatic rings. The molecule has 0 bridgehead atoms. The molecule has 0 spiro atoms. The summed E-state index contributed by atoms with van der Waals surface area (Å²) >= 11 is 0. The van der Waals surface area contributed by atoms with Crippen molar-refractivity contribution in [3.8, 4) is 0 Å². The Morgan fingerprint density at radius 1 is 1.46 bits per heavy atom. The number of Topliss-reactive ketones (excluding diaryl/α,β-unsaturated/α-hetero) is 1. The molecule has 0 heterocycles. The molecule has 0 aliphatic heterocycles. The second-order valence-electron chi connectivity index (χ2n) is 4.68. The minimum atomic E-state index is -0.929. The first-order valence-electron chi connectivity index (χ1n) is 4.92. The van der Waals surface area contributed by atoms with Crippen LogP contribution in [0.15, 0.2) is 0 Å². The van der Waals surface area contributed by atoms with Crippen molar-refractivity contribution in [3.05, 3.63) is 0 Å². The zero-order valence-corrected chi connectivity index (χ0v) is 7.92. The summed E-state index contributed by atoms with van der Waals surface area (Å²) in [5.74, 6) is 0.168. The normalized spacial score (nSPS) is 50.7. The fraction of sp³-hybridized carbons (Fsp3) is 0.900. The Kier molecular flexibility index (Phi) is 1.79. The van der Waals surface area contributed by atoms with E-state index in [1.807, 2.05) is 6.92 Å². The number of hydrogen-bond acceptors (Lipinski definition) is 3. The molecule has 0 aromatic heterocycles. The van der Waals surface area contributed by atoms with Crippen molar-refractivity contribution in [1.82, 2.24) is 0 Å². The number of carbonyl (C=O) groups is 1. The van der Waals surface area contributed by atoms with Crippen LogP contribution < -0.4 is 0 Å². The van der Waals surface area contributed by atoms with E-state index in [1.165, 1.54) is 0 Å². The van der Waals surface area contributed by atoms with E-state index < -0.39 is 17.1 Å². The van der Waals surface area contributed by atoms with Gasteiger partial charge in [-0.05, 0) is 26.2 Å². The molecule has 2 saturated carbocycles. The van der Waals surface area contributed by atoms with Crippen molar-refractivity contribution in [2.24, 2.45) is 5.41 Å². The Bertz CT molecular complexity index is 251. The summed E-state index contributed by atoms with van der Waals surface area (Å²) < 4.78 is 0. The molecular weight excluding hydrogens is 168 g/mol. The van der Waals surface area contributed by atoms with Crippen LogP contribution in [0.25, 0.3) is 0 Å². The molecule has 3 nitrogen and oxygen atoms in total. The fourth-order valence-corrected chi connectivity index (χ4v) is 2.78. The Hall–Kier alpha value is -0.410. The zero-order chi connectivity index (χ0) is 9.69. The lowest BCUT2D eigenvalue weighted by atomic mass is 9.65. The van der Waals surface area contributed by atoms with Crippen LogP contribution in [0.1, 0.15) is 39.0 Å². The highest BCUT2D eigenvalue weighted by atomic mass is 16.3. The molecule has 2 fully saturated rings. The largest absolute Gasteiger partial charge is 0.393 e. The van der Waals surface area contributed by atoms with Crippen LogP contribution in [0.5, 0.6) is 0 Å². The third kappa shape index (κ3) is 1.07. The van der Waals surface area contributed by atoms with Gasteiger partial charge in [0.1, 0.15) is 5.78 Å². The summed E-state index contributed by atoms with van der Waals surface area (Å²) in [5.41, 5.74) is -1.51. The molecule has 2 aliphatic carbocycles. The Morgan fingerprint density at radius 2 is 2.15 bits per heavy atom. The SMILES string of the molecule is C[C@@]12CC[C@H](O)C[C@]1(O)CCC2=O. The maximum atomic E-state index is 11.6. The molecule has 2 aliphatic rings. The van der Waals surface area contributed by atoms with Crippen LogP contribution in [0, 0.1) is 5.41 Å². The molecule has 2 rings (SSSR count). The van der Waals surface area contributed by atoms with Gasteiger partial charge >= 0.3 is 0 Å². The second kappa shape index (κ2) is 2.55. The molecule has 0 amide bonds. The van der Waals surface area contributed by atoms with Gasteiger partial charge in [-0.1, -0.05) is 0 Å². The summed E-state index contributed by atoms with van der Waals surface area (Å²) in [6.45, 7) is 1.84. The van der Waals surface area contributed by atoms with Crippen LogP contribution in [0.4, 0.5) is 0 Å². The van der Waals surface area contributed by atoms with Crippen LogP contribution in [-0.2, 0) is 4.79 Å². The van der Waals surface area contributed by atoms with Gasteiger partial charge in [-0.2, -0.15) is 0 Å². The molecule has 2 N–H and O–H groups in total. The number of aliphatic hydroxyl groups is 2. The van der Waals surface area contributed by atoms with Gasteiger partial charge in [-0.15, -0.1) is 0 Å². The summed E-state index contributed by atoms with van der Waals surface area (Å²) in [5, 5.41) is 19.7. The second-order valence-corrected chi connectivity index (χ2v) is 4.68. The minimum Gasteiger partial charge on any atom is -0.393 e. The molecule has 0 unspecified atom stereocenters. The van der Waals surface area contributed by atoms with Crippen molar-refractivity contribution in [1.29, 1.82) is 0 Å². The summed E-state index contributed by atoms with van der Waals surface area (Å²) in [7, 11) is 0. The quantitative estimate of drug-likeness (QED) is 0.580. The van der Waals surface area contributed by atoms with Gasteiger partial charge in [0.15, 0.2) is 0 Å². The number of ketones is 1. The monoisotopic (exact) mass is 184 g/mol. The topological polar surface area (TPSA) is 57.5 Å². The first-order valence-corrected chi connectivity index (χ1v) is 4.92. The first kappa shape index (κ1) is 9.16. The number of fused-ring (bicyclic) bond motifs is 1. The van der Waals surface area contributed by atoms with Crippen LogP contribution in [-0.4, -0.2) is 27.7 Å². The van der Waals surface area contributed by atoms with E-state index in [0.717, 1.165) is 0 Å². The molecule has 74 valence electrons. The third-order valence-electron chi connectivity index (χ3n) is 3.96. The Labute approximate surface area is 77.8 Å². The Balaban J connectivity index is 2.32. The number of hydrogen-bond donors (Lipinski definition) is 2. The zero-order valence-electron chi connectivity index (χ0n) is 7.92. The molecule has 0 aromatic carbocycles. The molecule has 0 saturated heterocycles. The summed E-state index contributed by atoms with van der Waals surface area (Å²) in [6.07, 6.45) is 2.21. The van der Waals surface area contributed by atoms with Gasteiger partial charge < -0.3 is 10.2 Å².